The van der Waals surface area contributed by atoms with E-state index in [1.54, 1.807) is 6.92 Å². The molecule has 5 heteroatoms. The number of rotatable bonds is 5. The third-order valence-corrected chi connectivity index (χ3v) is 2.46. The number of imide groups is 1. The lowest BCUT2D eigenvalue weighted by atomic mass is 10.2. The van der Waals surface area contributed by atoms with E-state index in [0.717, 1.165) is 4.90 Å². The third kappa shape index (κ3) is 3.69. The first kappa shape index (κ1) is 13.4. The maximum absolute atomic E-state index is 11.5. The molecule has 0 aromatic heterocycles. The van der Waals surface area contributed by atoms with Crippen molar-refractivity contribution in [2.75, 3.05) is 13.1 Å². The van der Waals surface area contributed by atoms with Crippen molar-refractivity contribution in [3.63, 3.8) is 0 Å². The molecule has 1 heterocycles. The Morgan fingerprint density at radius 1 is 1.41 bits per heavy atom. The minimum absolute atomic E-state index is 0.135. The van der Waals surface area contributed by atoms with Crippen molar-refractivity contribution in [1.82, 2.24) is 10.2 Å². The van der Waals surface area contributed by atoms with Gasteiger partial charge in [-0.05, 0) is 12.8 Å². The minimum Gasteiger partial charge on any atom is -0.356 e. The molecule has 0 fully saturated rings. The highest BCUT2D eigenvalue weighted by atomic mass is 16.2. The molecule has 5 nitrogen and oxygen atoms in total. The highest BCUT2D eigenvalue weighted by Gasteiger charge is 2.28. The molecular weight excluding hydrogens is 220 g/mol. The van der Waals surface area contributed by atoms with Crippen molar-refractivity contribution in [2.45, 2.75) is 27.2 Å². The van der Waals surface area contributed by atoms with Crippen molar-refractivity contribution in [2.24, 2.45) is 5.92 Å². The molecule has 0 radical (unpaired) electrons. The largest absolute Gasteiger partial charge is 0.356 e. The monoisotopic (exact) mass is 238 g/mol. The van der Waals surface area contributed by atoms with Crippen molar-refractivity contribution in [1.29, 1.82) is 0 Å². The molecule has 0 bridgehead atoms. The van der Waals surface area contributed by atoms with Crippen LogP contribution in [0.3, 0.4) is 0 Å². The van der Waals surface area contributed by atoms with Gasteiger partial charge in [0.1, 0.15) is 0 Å². The Hall–Kier alpha value is -1.65. The lowest BCUT2D eigenvalue weighted by Crippen LogP contribution is -2.36. The zero-order valence-electron chi connectivity index (χ0n) is 10.4. The maximum Gasteiger partial charge on any atom is 0.256 e. The maximum atomic E-state index is 11.5. The van der Waals surface area contributed by atoms with Gasteiger partial charge in [-0.25, -0.2) is 0 Å². The number of amides is 3. The van der Waals surface area contributed by atoms with Crippen LogP contribution in [0.15, 0.2) is 11.6 Å². The molecule has 17 heavy (non-hydrogen) atoms. The van der Waals surface area contributed by atoms with Gasteiger partial charge >= 0.3 is 0 Å². The van der Waals surface area contributed by atoms with Gasteiger partial charge in [-0.1, -0.05) is 13.8 Å². The van der Waals surface area contributed by atoms with Crippen LogP contribution in [0.2, 0.25) is 0 Å². The molecule has 0 unspecified atom stereocenters. The number of hydrogen-bond donors (Lipinski definition) is 1. The summed E-state index contributed by atoms with van der Waals surface area (Å²) in [5.74, 6) is -0.377. The zero-order chi connectivity index (χ0) is 13.0. The Labute approximate surface area is 101 Å². The van der Waals surface area contributed by atoms with Crippen LogP contribution in [0.1, 0.15) is 27.2 Å². The minimum atomic E-state index is -0.329. The summed E-state index contributed by atoms with van der Waals surface area (Å²) in [6.45, 7) is 6.36. The number of nitrogens with one attached hydrogen (secondary N) is 1. The van der Waals surface area contributed by atoms with Gasteiger partial charge in [-0.15, -0.1) is 0 Å². The fourth-order valence-electron chi connectivity index (χ4n) is 1.47. The second-order valence-corrected chi connectivity index (χ2v) is 4.57. The summed E-state index contributed by atoms with van der Waals surface area (Å²) < 4.78 is 0. The zero-order valence-corrected chi connectivity index (χ0v) is 10.4. The van der Waals surface area contributed by atoms with Crippen LogP contribution in [0.25, 0.3) is 0 Å². The highest BCUT2D eigenvalue weighted by molar-refractivity contribution is 6.15. The van der Waals surface area contributed by atoms with Crippen LogP contribution in [-0.4, -0.2) is 35.7 Å². The Morgan fingerprint density at radius 2 is 2.06 bits per heavy atom. The lowest BCUT2D eigenvalue weighted by molar-refractivity contribution is -0.137. The van der Waals surface area contributed by atoms with Crippen molar-refractivity contribution in [3.8, 4) is 0 Å². The van der Waals surface area contributed by atoms with Gasteiger partial charge in [0.15, 0.2) is 0 Å². The molecule has 0 aromatic rings. The Bertz CT molecular complexity index is 372. The Kier molecular flexibility index (Phi) is 4.43. The van der Waals surface area contributed by atoms with E-state index in [9.17, 15) is 14.4 Å². The highest BCUT2D eigenvalue weighted by Crippen LogP contribution is 2.11. The SMILES string of the molecule is CC1=CC(=O)N(CCC(=O)NCC(C)C)C1=O. The summed E-state index contributed by atoms with van der Waals surface area (Å²) in [6.07, 6.45) is 1.46. The summed E-state index contributed by atoms with van der Waals surface area (Å²) in [7, 11) is 0. The molecule has 1 rings (SSSR count). The summed E-state index contributed by atoms with van der Waals surface area (Å²) in [4.78, 5) is 35.4. The van der Waals surface area contributed by atoms with Crippen LogP contribution >= 0.6 is 0 Å². The lowest BCUT2D eigenvalue weighted by Gasteiger charge is -2.14. The first-order valence-electron chi connectivity index (χ1n) is 5.72. The molecule has 0 spiro atoms. The molecular formula is C12H18N2O3. The second kappa shape index (κ2) is 5.61. The number of carbonyl (C=O) groups is 3. The van der Waals surface area contributed by atoms with E-state index in [1.807, 2.05) is 13.8 Å². The molecule has 0 aromatic carbocycles. The molecule has 3 amide bonds. The van der Waals surface area contributed by atoms with E-state index in [4.69, 9.17) is 0 Å². The van der Waals surface area contributed by atoms with Crippen molar-refractivity contribution < 1.29 is 14.4 Å². The first-order chi connectivity index (χ1) is 7.91. The topological polar surface area (TPSA) is 66.5 Å². The predicted octanol–water partition coefficient (Wildman–Crippen LogP) is 0.464. The third-order valence-electron chi connectivity index (χ3n) is 2.46. The Morgan fingerprint density at radius 3 is 2.53 bits per heavy atom. The van der Waals surface area contributed by atoms with Crippen LogP contribution in [-0.2, 0) is 14.4 Å². The number of hydrogen-bond acceptors (Lipinski definition) is 3. The molecule has 0 saturated carbocycles. The van der Waals surface area contributed by atoms with E-state index in [2.05, 4.69) is 5.32 Å². The number of nitrogens with zero attached hydrogens (tertiary/aromatic N) is 1. The van der Waals surface area contributed by atoms with E-state index >= 15 is 0 Å². The summed E-state index contributed by atoms with van der Waals surface area (Å²) in [5, 5.41) is 2.74. The molecule has 1 N–H and O–H groups in total. The smallest absolute Gasteiger partial charge is 0.256 e. The molecule has 94 valence electrons. The van der Waals surface area contributed by atoms with Crippen LogP contribution < -0.4 is 5.32 Å². The fourth-order valence-corrected chi connectivity index (χ4v) is 1.47. The first-order valence-corrected chi connectivity index (χ1v) is 5.72. The van der Waals surface area contributed by atoms with E-state index < -0.39 is 0 Å². The van der Waals surface area contributed by atoms with Gasteiger partial charge in [0, 0.05) is 31.2 Å². The van der Waals surface area contributed by atoms with Gasteiger partial charge in [0.2, 0.25) is 5.91 Å². The summed E-state index contributed by atoms with van der Waals surface area (Å²) >= 11 is 0. The van der Waals surface area contributed by atoms with Crippen LogP contribution in [0.5, 0.6) is 0 Å². The molecule has 1 aliphatic heterocycles. The van der Waals surface area contributed by atoms with E-state index in [0.29, 0.717) is 18.0 Å². The van der Waals surface area contributed by atoms with Gasteiger partial charge in [-0.2, -0.15) is 0 Å². The Balaban J connectivity index is 2.35. The van der Waals surface area contributed by atoms with Gasteiger partial charge in [0.05, 0.1) is 0 Å². The van der Waals surface area contributed by atoms with Gasteiger partial charge < -0.3 is 5.32 Å². The van der Waals surface area contributed by atoms with Crippen LogP contribution in [0.4, 0.5) is 0 Å². The van der Waals surface area contributed by atoms with Gasteiger partial charge in [0.25, 0.3) is 11.8 Å². The summed E-state index contributed by atoms with van der Waals surface area (Å²) in [5.41, 5.74) is 0.428. The quantitative estimate of drug-likeness (QED) is 0.708. The fraction of sp³-hybridized carbons (Fsp3) is 0.583. The predicted molar refractivity (Wildman–Crippen MR) is 62.9 cm³/mol. The van der Waals surface area contributed by atoms with Crippen molar-refractivity contribution >= 4 is 17.7 Å². The average molecular weight is 238 g/mol. The van der Waals surface area contributed by atoms with Crippen molar-refractivity contribution in [3.05, 3.63) is 11.6 Å². The standard InChI is InChI=1S/C12H18N2O3/c1-8(2)7-13-10(15)4-5-14-11(16)6-9(3)12(14)17/h6,8H,4-5,7H2,1-3H3,(H,13,15). The molecule has 0 saturated heterocycles. The molecule has 0 aliphatic carbocycles. The van der Waals surface area contributed by atoms with E-state index in [-0.39, 0.29) is 30.7 Å². The number of carbonyl (C=O) groups excluding carboxylic acids is 3. The van der Waals surface area contributed by atoms with Crippen LogP contribution in [0, 0.1) is 5.92 Å². The van der Waals surface area contributed by atoms with E-state index in [1.165, 1.54) is 6.08 Å². The van der Waals surface area contributed by atoms with Gasteiger partial charge in [-0.3, -0.25) is 19.3 Å². The average Bonchev–Trinajstić information content (AvgIpc) is 2.48. The second-order valence-electron chi connectivity index (χ2n) is 4.57. The summed E-state index contributed by atoms with van der Waals surface area (Å²) in [6, 6.07) is 0. The normalized spacial score (nSPS) is 15.5. The molecule has 0 atom stereocenters. The molecule has 1 aliphatic rings.